The molecule has 2 aliphatic heterocycles. The molecule has 1 aromatic carbocycles. The molecule has 1 spiro atoms. The van der Waals surface area contributed by atoms with Crippen molar-refractivity contribution in [1.29, 1.82) is 0 Å². The summed E-state index contributed by atoms with van der Waals surface area (Å²) in [6.45, 7) is 3.03. The Hall–Kier alpha value is -2.71. The van der Waals surface area contributed by atoms with Gasteiger partial charge in [0, 0.05) is 24.5 Å². The molecule has 2 fully saturated rings. The highest BCUT2D eigenvalue weighted by molar-refractivity contribution is 7.10. The Morgan fingerprint density at radius 1 is 1.16 bits per heavy atom. The van der Waals surface area contributed by atoms with Crippen molar-refractivity contribution in [2.24, 2.45) is 5.92 Å². The number of aliphatic hydroxyl groups excluding tert-OH is 1. The molecule has 0 aliphatic carbocycles. The van der Waals surface area contributed by atoms with Crippen LogP contribution in [0.15, 0.2) is 47.8 Å². The van der Waals surface area contributed by atoms with Crippen LogP contribution in [-0.2, 0) is 32.1 Å². The molecule has 2 aliphatic rings. The molecule has 7 nitrogen and oxygen atoms in total. The van der Waals surface area contributed by atoms with Crippen molar-refractivity contribution in [3.05, 3.63) is 58.3 Å². The molecule has 0 unspecified atom stereocenters. The number of rotatable bonds is 6. The molecule has 0 radical (unpaired) electrons. The van der Waals surface area contributed by atoms with Crippen LogP contribution in [0, 0.1) is 5.92 Å². The van der Waals surface area contributed by atoms with E-state index in [-0.39, 0.29) is 12.5 Å². The third-order valence-corrected chi connectivity index (χ3v) is 7.44. The first-order chi connectivity index (χ1) is 15.5. The average Bonchev–Trinajstić information content (AvgIpc) is 3.37. The van der Waals surface area contributed by atoms with E-state index in [2.05, 4.69) is 0 Å². The normalized spacial score (nSPS) is 22.4. The number of ether oxygens (including phenoxy) is 1. The number of hydrogen-bond acceptors (Lipinski definition) is 6. The molecular weight excluding hydrogens is 428 g/mol. The molecular formula is C24H28N2O5S. The lowest BCUT2D eigenvalue weighted by molar-refractivity contribution is -0.156. The molecule has 2 atom stereocenters. The summed E-state index contributed by atoms with van der Waals surface area (Å²) in [6.07, 6.45) is -0.252. The molecule has 0 bridgehead atoms. The SMILES string of the molecule is CCOC(=O)[C@H]1[C@@H](O)C(=O)N(Cc2ccccc2)C12CCN(C(=O)Cc1cccs1)CC2. The number of esters is 1. The highest BCUT2D eigenvalue weighted by Gasteiger charge is 2.62. The van der Waals surface area contributed by atoms with Gasteiger partial charge in [0.15, 0.2) is 0 Å². The average molecular weight is 457 g/mol. The highest BCUT2D eigenvalue weighted by Crippen LogP contribution is 2.45. The van der Waals surface area contributed by atoms with Gasteiger partial charge in [-0.2, -0.15) is 0 Å². The van der Waals surface area contributed by atoms with Crippen molar-refractivity contribution >= 4 is 29.1 Å². The van der Waals surface area contributed by atoms with Crippen LogP contribution in [0.25, 0.3) is 0 Å². The molecule has 0 saturated carbocycles. The van der Waals surface area contributed by atoms with E-state index in [9.17, 15) is 19.5 Å². The van der Waals surface area contributed by atoms with Crippen molar-refractivity contribution in [3.63, 3.8) is 0 Å². The predicted molar refractivity (Wildman–Crippen MR) is 120 cm³/mol. The second-order valence-electron chi connectivity index (χ2n) is 8.33. The fourth-order valence-corrected chi connectivity index (χ4v) is 5.66. The molecule has 8 heteroatoms. The summed E-state index contributed by atoms with van der Waals surface area (Å²) in [7, 11) is 0. The Morgan fingerprint density at radius 3 is 2.50 bits per heavy atom. The molecule has 1 N–H and O–H groups in total. The molecule has 2 amide bonds. The lowest BCUT2D eigenvalue weighted by Gasteiger charge is -2.47. The Bertz CT molecular complexity index is 954. The molecule has 170 valence electrons. The standard InChI is InChI=1S/C24H28N2O5S/c1-2-31-23(30)20-21(28)22(29)26(16-17-7-4-3-5-8-17)24(20)10-12-25(13-11-24)19(27)15-18-9-6-14-32-18/h3-9,14,20-21,28H,2,10-13,15-16H2,1H3/t20-,21-/m1/s1. The number of hydrogen-bond donors (Lipinski definition) is 1. The molecule has 32 heavy (non-hydrogen) atoms. The van der Waals surface area contributed by atoms with Gasteiger partial charge in [0.05, 0.1) is 18.6 Å². The van der Waals surface area contributed by atoms with Crippen molar-refractivity contribution in [2.75, 3.05) is 19.7 Å². The minimum Gasteiger partial charge on any atom is -0.466 e. The molecule has 1 aromatic heterocycles. The molecule has 2 saturated heterocycles. The van der Waals surface area contributed by atoms with E-state index in [1.54, 1.807) is 28.1 Å². The van der Waals surface area contributed by atoms with Gasteiger partial charge in [0.25, 0.3) is 5.91 Å². The Kier molecular flexibility index (Phi) is 6.62. The van der Waals surface area contributed by atoms with Gasteiger partial charge in [-0.25, -0.2) is 0 Å². The van der Waals surface area contributed by atoms with Crippen LogP contribution in [0.3, 0.4) is 0 Å². The topological polar surface area (TPSA) is 87.2 Å². The summed E-state index contributed by atoms with van der Waals surface area (Å²) in [5.74, 6) is -1.93. The van der Waals surface area contributed by atoms with E-state index in [0.717, 1.165) is 10.4 Å². The number of aliphatic hydroxyl groups is 1. The highest BCUT2D eigenvalue weighted by atomic mass is 32.1. The molecule has 4 rings (SSSR count). The van der Waals surface area contributed by atoms with Crippen LogP contribution < -0.4 is 0 Å². The zero-order chi connectivity index (χ0) is 22.7. The second kappa shape index (κ2) is 9.42. The van der Waals surface area contributed by atoms with E-state index >= 15 is 0 Å². The summed E-state index contributed by atoms with van der Waals surface area (Å²) < 4.78 is 5.26. The van der Waals surface area contributed by atoms with Crippen LogP contribution in [0.5, 0.6) is 0 Å². The summed E-state index contributed by atoms with van der Waals surface area (Å²) in [6, 6.07) is 13.4. The number of nitrogens with zero attached hydrogens (tertiary/aromatic N) is 2. The van der Waals surface area contributed by atoms with E-state index in [0.29, 0.717) is 38.9 Å². The van der Waals surface area contributed by atoms with Gasteiger partial charge in [-0.05, 0) is 36.8 Å². The molecule has 2 aromatic rings. The van der Waals surface area contributed by atoms with E-state index < -0.39 is 29.4 Å². The van der Waals surface area contributed by atoms with Gasteiger partial charge in [-0.3, -0.25) is 14.4 Å². The van der Waals surface area contributed by atoms with Crippen LogP contribution in [-0.4, -0.2) is 64.0 Å². The summed E-state index contributed by atoms with van der Waals surface area (Å²) in [5, 5.41) is 12.7. The summed E-state index contributed by atoms with van der Waals surface area (Å²) >= 11 is 1.55. The van der Waals surface area contributed by atoms with Crippen molar-refractivity contribution in [2.45, 2.75) is 44.4 Å². The monoisotopic (exact) mass is 456 g/mol. The van der Waals surface area contributed by atoms with E-state index in [1.165, 1.54) is 0 Å². The Labute approximate surface area is 191 Å². The first-order valence-electron chi connectivity index (χ1n) is 11.0. The van der Waals surface area contributed by atoms with E-state index in [4.69, 9.17) is 4.74 Å². The third kappa shape index (κ3) is 4.17. The van der Waals surface area contributed by atoms with Crippen molar-refractivity contribution < 1.29 is 24.2 Å². The van der Waals surface area contributed by atoms with E-state index in [1.807, 2.05) is 47.8 Å². The maximum atomic E-state index is 13.1. The van der Waals surface area contributed by atoms with Gasteiger partial charge in [0.1, 0.15) is 12.0 Å². The Balaban J connectivity index is 1.58. The second-order valence-corrected chi connectivity index (χ2v) is 9.36. The number of amides is 2. The van der Waals surface area contributed by atoms with Gasteiger partial charge in [-0.15, -0.1) is 11.3 Å². The van der Waals surface area contributed by atoms with Gasteiger partial charge < -0.3 is 19.6 Å². The quantitative estimate of drug-likeness (QED) is 0.674. The number of piperidine rings is 1. The van der Waals surface area contributed by atoms with Crippen molar-refractivity contribution in [1.82, 2.24) is 9.80 Å². The van der Waals surface area contributed by atoms with Crippen molar-refractivity contribution in [3.8, 4) is 0 Å². The fraction of sp³-hybridized carbons (Fsp3) is 0.458. The van der Waals surface area contributed by atoms with Gasteiger partial charge in [0.2, 0.25) is 5.91 Å². The predicted octanol–water partition coefficient (Wildman–Crippen LogP) is 2.23. The number of thiophene rings is 1. The lowest BCUT2D eigenvalue weighted by atomic mass is 9.75. The van der Waals surface area contributed by atoms with Crippen LogP contribution in [0.4, 0.5) is 0 Å². The maximum Gasteiger partial charge on any atom is 0.314 e. The number of likely N-dealkylation sites (tertiary alicyclic amines) is 2. The summed E-state index contributed by atoms with van der Waals surface area (Å²) in [5.41, 5.74) is 0.0475. The maximum absolute atomic E-state index is 13.1. The van der Waals surface area contributed by atoms with Crippen LogP contribution >= 0.6 is 11.3 Å². The summed E-state index contributed by atoms with van der Waals surface area (Å²) in [4.78, 5) is 43.2. The third-order valence-electron chi connectivity index (χ3n) is 6.56. The zero-order valence-electron chi connectivity index (χ0n) is 18.1. The number of carbonyl (C=O) groups excluding carboxylic acids is 3. The number of carbonyl (C=O) groups is 3. The lowest BCUT2D eigenvalue weighted by Crippen LogP contribution is -2.58. The number of benzene rings is 1. The first kappa shape index (κ1) is 22.5. The molecule has 3 heterocycles. The van der Waals surface area contributed by atoms with Crippen LogP contribution in [0.2, 0.25) is 0 Å². The Morgan fingerprint density at radius 2 is 1.88 bits per heavy atom. The van der Waals surface area contributed by atoms with Gasteiger partial charge >= 0.3 is 5.97 Å². The zero-order valence-corrected chi connectivity index (χ0v) is 18.9. The minimum atomic E-state index is -1.44. The smallest absolute Gasteiger partial charge is 0.314 e. The fourth-order valence-electron chi connectivity index (χ4n) is 4.96. The first-order valence-corrected chi connectivity index (χ1v) is 11.8. The minimum absolute atomic E-state index is 0.0365. The van der Waals surface area contributed by atoms with Gasteiger partial charge in [-0.1, -0.05) is 36.4 Å². The largest absolute Gasteiger partial charge is 0.466 e. The van der Waals surface area contributed by atoms with Crippen LogP contribution in [0.1, 0.15) is 30.2 Å².